The van der Waals surface area contributed by atoms with Crippen LogP contribution >= 0.6 is 0 Å². The average Bonchev–Trinajstić information content (AvgIpc) is 2.58. The number of aromatic nitrogens is 2. The van der Waals surface area contributed by atoms with E-state index < -0.39 is 0 Å². The number of aryl methyl sites for hydroxylation is 1. The van der Waals surface area contributed by atoms with Crippen molar-refractivity contribution < 1.29 is 5.11 Å². The van der Waals surface area contributed by atoms with Crippen molar-refractivity contribution in [3.63, 3.8) is 0 Å². The third-order valence-electron chi connectivity index (χ3n) is 2.92. The molecule has 1 heterocycles. The van der Waals surface area contributed by atoms with Crippen molar-refractivity contribution in [1.29, 1.82) is 0 Å². The maximum Gasteiger partial charge on any atom is 0.0951 e. The van der Waals surface area contributed by atoms with E-state index in [9.17, 15) is 0 Å². The molecule has 0 fully saturated rings. The topological polar surface area (TPSA) is 50.1 Å². The molecule has 1 atom stereocenters. The Bertz CT molecular complexity index is 309. The van der Waals surface area contributed by atoms with Gasteiger partial charge in [0.05, 0.1) is 12.0 Å². The quantitative estimate of drug-likeness (QED) is 0.734. The van der Waals surface area contributed by atoms with Gasteiger partial charge in [0, 0.05) is 24.9 Å². The number of aliphatic hydroxyl groups excluding tert-OH is 1. The largest absolute Gasteiger partial charge is 0.396 e. The molecule has 1 rings (SSSR count). The Balaban J connectivity index is 2.56. The Morgan fingerprint density at radius 1 is 1.50 bits per heavy atom. The van der Waals surface area contributed by atoms with Gasteiger partial charge in [-0.3, -0.25) is 0 Å². The average molecular weight is 225 g/mol. The molecule has 4 nitrogen and oxygen atoms in total. The van der Waals surface area contributed by atoms with Crippen LogP contribution in [0.3, 0.4) is 0 Å². The van der Waals surface area contributed by atoms with Gasteiger partial charge in [-0.15, -0.1) is 0 Å². The van der Waals surface area contributed by atoms with Crippen molar-refractivity contribution in [2.75, 3.05) is 13.2 Å². The predicted octanol–water partition coefficient (Wildman–Crippen LogP) is 1.25. The minimum absolute atomic E-state index is 0.230. The summed E-state index contributed by atoms with van der Waals surface area (Å²) >= 11 is 0. The van der Waals surface area contributed by atoms with Crippen LogP contribution < -0.4 is 5.32 Å². The summed E-state index contributed by atoms with van der Waals surface area (Å²) in [5.74, 6) is 0. The first kappa shape index (κ1) is 13.2. The second kappa shape index (κ2) is 6.66. The van der Waals surface area contributed by atoms with E-state index in [1.165, 1.54) is 5.69 Å². The first-order valence-corrected chi connectivity index (χ1v) is 6.01. The van der Waals surface area contributed by atoms with Crippen molar-refractivity contribution in [2.24, 2.45) is 0 Å². The van der Waals surface area contributed by atoms with Crippen molar-refractivity contribution >= 4 is 0 Å². The Morgan fingerprint density at radius 2 is 2.25 bits per heavy atom. The molecule has 0 amide bonds. The van der Waals surface area contributed by atoms with Crippen LogP contribution in [0.15, 0.2) is 6.33 Å². The maximum atomic E-state index is 9.02. The van der Waals surface area contributed by atoms with Gasteiger partial charge in [-0.05, 0) is 33.2 Å². The molecule has 1 aromatic heterocycles. The molecule has 0 aromatic carbocycles. The van der Waals surface area contributed by atoms with Gasteiger partial charge in [0.25, 0.3) is 0 Å². The van der Waals surface area contributed by atoms with Crippen molar-refractivity contribution in [1.82, 2.24) is 14.9 Å². The normalized spacial score (nSPS) is 13.0. The zero-order valence-corrected chi connectivity index (χ0v) is 10.5. The lowest BCUT2D eigenvalue weighted by atomic mass is 10.2. The molecule has 0 aliphatic rings. The van der Waals surface area contributed by atoms with Crippen LogP contribution in [0.4, 0.5) is 0 Å². The third-order valence-corrected chi connectivity index (χ3v) is 2.92. The molecule has 4 heteroatoms. The summed E-state index contributed by atoms with van der Waals surface area (Å²) in [5, 5.41) is 12.5. The molecule has 0 saturated carbocycles. The van der Waals surface area contributed by atoms with E-state index >= 15 is 0 Å². The molecule has 0 radical (unpaired) electrons. The minimum Gasteiger partial charge on any atom is -0.396 e. The van der Waals surface area contributed by atoms with Crippen molar-refractivity contribution in [3.05, 3.63) is 17.7 Å². The summed E-state index contributed by atoms with van der Waals surface area (Å²) in [6, 6.07) is 0.331. The molecule has 0 saturated heterocycles. The van der Waals surface area contributed by atoms with E-state index in [1.54, 1.807) is 0 Å². The second-order valence-corrected chi connectivity index (χ2v) is 4.23. The summed E-state index contributed by atoms with van der Waals surface area (Å²) < 4.78 is 2.15. The Kier molecular flexibility index (Phi) is 5.49. The van der Waals surface area contributed by atoms with Gasteiger partial charge in [-0.2, -0.15) is 0 Å². The van der Waals surface area contributed by atoms with Crippen LogP contribution in [0.25, 0.3) is 0 Å². The fourth-order valence-corrected chi connectivity index (χ4v) is 1.73. The molecule has 16 heavy (non-hydrogen) atoms. The van der Waals surface area contributed by atoms with Crippen molar-refractivity contribution in [3.8, 4) is 0 Å². The number of hydrogen-bond acceptors (Lipinski definition) is 3. The van der Waals surface area contributed by atoms with Gasteiger partial charge in [-0.25, -0.2) is 4.98 Å². The molecule has 0 aliphatic carbocycles. The minimum atomic E-state index is 0.230. The summed E-state index contributed by atoms with van der Waals surface area (Å²) in [4.78, 5) is 4.28. The number of nitrogens with zero attached hydrogens (tertiary/aromatic N) is 2. The van der Waals surface area contributed by atoms with Crippen LogP contribution in [0.2, 0.25) is 0 Å². The first-order valence-electron chi connectivity index (χ1n) is 6.01. The van der Waals surface area contributed by atoms with Crippen LogP contribution in [-0.2, 0) is 6.54 Å². The van der Waals surface area contributed by atoms with Crippen LogP contribution in [-0.4, -0.2) is 33.9 Å². The highest BCUT2D eigenvalue weighted by Crippen LogP contribution is 2.06. The highest BCUT2D eigenvalue weighted by molar-refractivity contribution is 5.08. The zero-order valence-electron chi connectivity index (χ0n) is 10.5. The Labute approximate surface area is 97.7 Å². The molecular formula is C12H23N3O. The summed E-state index contributed by atoms with van der Waals surface area (Å²) in [6.45, 7) is 8.36. The molecule has 92 valence electrons. The number of nitrogens with one attached hydrogen (secondary N) is 1. The van der Waals surface area contributed by atoms with E-state index in [1.807, 2.05) is 13.3 Å². The van der Waals surface area contributed by atoms with Crippen LogP contribution in [0, 0.1) is 13.8 Å². The molecule has 1 aromatic rings. The highest BCUT2D eigenvalue weighted by atomic mass is 16.3. The lowest BCUT2D eigenvalue weighted by molar-refractivity contribution is 0.256. The molecule has 0 spiro atoms. The standard InChI is InChI=1S/C12H23N3O/c1-4-6-13-12(5-7-16)8-15-9-14-10(2)11(15)3/h9,12-13,16H,4-8H2,1-3H3. The Hall–Kier alpha value is -0.870. The van der Waals surface area contributed by atoms with Gasteiger partial charge >= 0.3 is 0 Å². The molecule has 2 N–H and O–H groups in total. The monoisotopic (exact) mass is 225 g/mol. The Morgan fingerprint density at radius 3 is 2.75 bits per heavy atom. The van der Waals surface area contributed by atoms with Crippen molar-refractivity contribution in [2.45, 2.75) is 46.2 Å². The smallest absolute Gasteiger partial charge is 0.0951 e. The van der Waals surface area contributed by atoms with E-state index in [0.717, 1.165) is 31.6 Å². The van der Waals surface area contributed by atoms with Crippen LogP contribution in [0.1, 0.15) is 31.2 Å². The van der Waals surface area contributed by atoms with Gasteiger partial charge in [-0.1, -0.05) is 6.92 Å². The molecular weight excluding hydrogens is 202 g/mol. The van der Waals surface area contributed by atoms with E-state index in [4.69, 9.17) is 5.11 Å². The highest BCUT2D eigenvalue weighted by Gasteiger charge is 2.10. The van der Waals surface area contributed by atoms with Gasteiger partial charge in [0.1, 0.15) is 0 Å². The third kappa shape index (κ3) is 3.61. The number of imidazole rings is 1. The number of rotatable bonds is 7. The van der Waals surface area contributed by atoms with E-state index in [0.29, 0.717) is 6.04 Å². The fourth-order valence-electron chi connectivity index (χ4n) is 1.73. The molecule has 1 unspecified atom stereocenters. The summed E-state index contributed by atoms with van der Waals surface area (Å²) in [6.07, 6.45) is 3.78. The van der Waals surface area contributed by atoms with Gasteiger partial charge < -0.3 is 15.0 Å². The van der Waals surface area contributed by atoms with E-state index in [2.05, 4.69) is 28.7 Å². The SMILES string of the molecule is CCCNC(CCO)Cn1cnc(C)c1C. The maximum absolute atomic E-state index is 9.02. The fraction of sp³-hybridized carbons (Fsp3) is 0.750. The molecule has 0 aliphatic heterocycles. The predicted molar refractivity (Wildman–Crippen MR) is 65.5 cm³/mol. The van der Waals surface area contributed by atoms with Crippen LogP contribution in [0.5, 0.6) is 0 Å². The number of hydrogen-bond donors (Lipinski definition) is 2. The first-order chi connectivity index (χ1) is 7.69. The second-order valence-electron chi connectivity index (χ2n) is 4.23. The number of aliphatic hydroxyl groups is 1. The zero-order chi connectivity index (χ0) is 12.0. The van der Waals surface area contributed by atoms with Gasteiger partial charge in [0.15, 0.2) is 0 Å². The summed E-state index contributed by atoms with van der Waals surface area (Å²) in [5.41, 5.74) is 2.29. The van der Waals surface area contributed by atoms with Gasteiger partial charge in [0.2, 0.25) is 0 Å². The van der Waals surface area contributed by atoms with E-state index in [-0.39, 0.29) is 6.61 Å². The summed E-state index contributed by atoms with van der Waals surface area (Å²) in [7, 11) is 0. The molecule has 0 bridgehead atoms. The lowest BCUT2D eigenvalue weighted by Gasteiger charge is -2.18. The lowest BCUT2D eigenvalue weighted by Crippen LogP contribution is -2.34.